The van der Waals surface area contributed by atoms with Gasteiger partial charge < -0.3 is 4.55 Å². The molecule has 0 N–H and O–H groups in total. The van der Waals surface area contributed by atoms with Gasteiger partial charge in [-0.3, -0.25) is 4.79 Å². The fraction of sp³-hybridized carbons (Fsp3) is 0.364. The van der Waals surface area contributed by atoms with E-state index in [1.54, 1.807) is 44.2 Å². The molecule has 2 atom stereocenters. The van der Waals surface area contributed by atoms with Gasteiger partial charge in [-0.15, -0.1) is 0 Å². The predicted octanol–water partition coefficient (Wildman–Crippen LogP) is 2.31. The third-order valence-corrected chi connectivity index (χ3v) is 3.30. The SMILES string of the molecule is CC(C)C(=O)C(F)[S+]([O-])c1ccccc1. The molecule has 0 saturated heterocycles. The number of Topliss-reactive ketones (excluding diaryl/α,β-unsaturated/α-hetero) is 1. The summed E-state index contributed by atoms with van der Waals surface area (Å²) in [6.07, 6.45) is 0. The van der Waals surface area contributed by atoms with Crippen molar-refractivity contribution in [1.29, 1.82) is 0 Å². The first-order chi connectivity index (χ1) is 7.04. The van der Waals surface area contributed by atoms with Gasteiger partial charge in [-0.1, -0.05) is 32.0 Å². The summed E-state index contributed by atoms with van der Waals surface area (Å²) in [4.78, 5) is 11.6. The van der Waals surface area contributed by atoms with Crippen molar-refractivity contribution in [3.05, 3.63) is 30.3 Å². The molecule has 15 heavy (non-hydrogen) atoms. The number of rotatable bonds is 4. The summed E-state index contributed by atoms with van der Waals surface area (Å²) in [5, 5.41) is 0. The van der Waals surface area contributed by atoms with Gasteiger partial charge in [0.1, 0.15) is 0 Å². The molecular weight excluding hydrogens is 215 g/mol. The number of hydrogen-bond donors (Lipinski definition) is 0. The Bertz CT molecular complexity index is 327. The Morgan fingerprint density at radius 1 is 1.33 bits per heavy atom. The average Bonchev–Trinajstić information content (AvgIpc) is 2.27. The molecule has 0 fully saturated rings. The zero-order valence-electron chi connectivity index (χ0n) is 8.64. The van der Waals surface area contributed by atoms with Gasteiger partial charge in [-0.05, 0) is 12.1 Å². The summed E-state index contributed by atoms with van der Waals surface area (Å²) < 4.78 is 25.1. The quantitative estimate of drug-likeness (QED) is 0.742. The first-order valence-electron chi connectivity index (χ1n) is 4.67. The van der Waals surface area contributed by atoms with Crippen molar-refractivity contribution in [3.8, 4) is 0 Å². The van der Waals surface area contributed by atoms with Crippen LogP contribution in [0.3, 0.4) is 0 Å². The number of hydrogen-bond acceptors (Lipinski definition) is 2. The Labute approximate surface area is 91.7 Å². The van der Waals surface area contributed by atoms with Crippen molar-refractivity contribution < 1.29 is 13.7 Å². The molecule has 1 rings (SSSR count). The van der Waals surface area contributed by atoms with Gasteiger partial charge in [0, 0.05) is 17.1 Å². The van der Waals surface area contributed by atoms with E-state index >= 15 is 0 Å². The summed E-state index contributed by atoms with van der Waals surface area (Å²) in [6.45, 7) is 3.19. The summed E-state index contributed by atoms with van der Waals surface area (Å²) >= 11 is -1.90. The van der Waals surface area contributed by atoms with E-state index < -0.39 is 28.4 Å². The van der Waals surface area contributed by atoms with Gasteiger partial charge in [0.25, 0.3) is 0 Å². The fourth-order valence-electron chi connectivity index (χ4n) is 1.04. The molecule has 2 nitrogen and oxygen atoms in total. The molecule has 0 aliphatic carbocycles. The molecule has 0 amide bonds. The highest BCUT2D eigenvalue weighted by molar-refractivity contribution is 7.92. The van der Waals surface area contributed by atoms with Crippen LogP contribution in [0.1, 0.15) is 13.8 Å². The molecule has 0 aromatic heterocycles. The molecule has 0 aliphatic rings. The second kappa shape index (κ2) is 5.28. The monoisotopic (exact) mass is 228 g/mol. The molecule has 0 radical (unpaired) electrons. The minimum atomic E-state index is -1.92. The van der Waals surface area contributed by atoms with E-state index in [2.05, 4.69) is 0 Å². The van der Waals surface area contributed by atoms with Crippen LogP contribution < -0.4 is 0 Å². The Kier molecular flexibility index (Phi) is 4.29. The molecule has 0 spiro atoms. The summed E-state index contributed by atoms with van der Waals surface area (Å²) in [7, 11) is 0. The van der Waals surface area contributed by atoms with Crippen molar-refractivity contribution in [2.45, 2.75) is 24.2 Å². The normalized spacial score (nSPS) is 15.0. The van der Waals surface area contributed by atoms with E-state index in [0.717, 1.165) is 0 Å². The number of carbonyl (C=O) groups is 1. The molecular formula is C11H13FO2S. The van der Waals surface area contributed by atoms with E-state index in [1.165, 1.54) is 0 Å². The smallest absolute Gasteiger partial charge is 0.316 e. The van der Waals surface area contributed by atoms with Crippen LogP contribution in [-0.2, 0) is 16.0 Å². The van der Waals surface area contributed by atoms with Crippen molar-refractivity contribution in [3.63, 3.8) is 0 Å². The Morgan fingerprint density at radius 3 is 2.33 bits per heavy atom. The lowest BCUT2D eigenvalue weighted by molar-refractivity contribution is -0.124. The van der Waals surface area contributed by atoms with Gasteiger partial charge in [0.05, 0.1) is 0 Å². The van der Waals surface area contributed by atoms with Crippen LogP contribution in [-0.4, -0.2) is 15.8 Å². The van der Waals surface area contributed by atoms with Gasteiger partial charge >= 0.3 is 5.50 Å². The highest BCUT2D eigenvalue weighted by atomic mass is 32.2. The highest BCUT2D eigenvalue weighted by Crippen LogP contribution is 2.19. The minimum Gasteiger partial charge on any atom is -0.609 e. The predicted molar refractivity (Wildman–Crippen MR) is 57.6 cm³/mol. The number of alkyl halides is 1. The average molecular weight is 228 g/mol. The second-order valence-corrected chi connectivity index (χ2v) is 4.96. The summed E-state index contributed by atoms with van der Waals surface area (Å²) in [5.41, 5.74) is -1.92. The largest absolute Gasteiger partial charge is 0.609 e. The van der Waals surface area contributed by atoms with Crippen molar-refractivity contribution in [2.24, 2.45) is 5.92 Å². The molecule has 1 aromatic carbocycles. The fourth-order valence-corrected chi connectivity index (χ4v) is 2.19. The lowest BCUT2D eigenvalue weighted by Crippen LogP contribution is -2.29. The first kappa shape index (κ1) is 12.2. The second-order valence-electron chi connectivity index (χ2n) is 3.48. The summed E-state index contributed by atoms with van der Waals surface area (Å²) in [5.74, 6) is -1.05. The molecule has 82 valence electrons. The van der Waals surface area contributed by atoms with E-state index in [4.69, 9.17) is 0 Å². The van der Waals surface area contributed by atoms with Crippen LogP contribution >= 0.6 is 0 Å². The maximum absolute atomic E-state index is 13.5. The van der Waals surface area contributed by atoms with E-state index in [1.807, 2.05) is 0 Å². The molecule has 0 bridgehead atoms. The topological polar surface area (TPSA) is 40.1 Å². The highest BCUT2D eigenvalue weighted by Gasteiger charge is 2.33. The third-order valence-electron chi connectivity index (χ3n) is 1.96. The molecule has 4 heteroatoms. The number of halogens is 1. The molecule has 0 saturated carbocycles. The number of ketones is 1. The van der Waals surface area contributed by atoms with Gasteiger partial charge in [-0.2, -0.15) is 4.39 Å². The van der Waals surface area contributed by atoms with E-state index in [9.17, 15) is 13.7 Å². The van der Waals surface area contributed by atoms with Crippen molar-refractivity contribution in [2.75, 3.05) is 0 Å². The maximum Gasteiger partial charge on any atom is 0.316 e. The van der Waals surface area contributed by atoms with Crippen molar-refractivity contribution >= 4 is 17.0 Å². The number of carbonyl (C=O) groups excluding carboxylic acids is 1. The Hall–Kier alpha value is -0.870. The van der Waals surface area contributed by atoms with Gasteiger partial charge in [0.2, 0.25) is 5.78 Å². The van der Waals surface area contributed by atoms with Crippen LogP contribution in [0.5, 0.6) is 0 Å². The zero-order chi connectivity index (χ0) is 11.4. The Balaban J connectivity index is 2.77. The first-order valence-corrected chi connectivity index (χ1v) is 5.88. The van der Waals surface area contributed by atoms with Crippen LogP contribution in [0.15, 0.2) is 35.2 Å². The molecule has 1 aromatic rings. The number of benzene rings is 1. The van der Waals surface area contributed by atoms with Crippen LogP contribution in [0, 0.1) is 5.92 Å². The maximum atomic E-state index is 13.5. The van der Waals surface area contributed by atoms with Crippen LogP contribution in [0.25, 0.3) is 0 Å². The molecule has 0 aliphatic heterocycles. The third kappa shape index (κ3) is 3.04. The van der Waals surface area contributed by atoms with Gasteiger partial charge in [0.15, 0.2) is 4.90 Å². The lowest BCUT2D eigenvalue weighted by Gasteiger charge is -2.14. The standard InChI is InChI=1S/C11H13FO2S/c1-8(2)10(13)11(12)15(14)9-6-4-3-5-7-9/h3-8,11H,1-2H3. The summed E-state index contributed by atoms with van der Waals surface area (Å²) in [6, 6.07) is 8.18. The van der Waals surface area contributed by atoms with E-state index in [-0.39, 0.29) is 0 Å². The molecule has 2 unspecified atom stereocenters. The van der Waals surface area contributed by atoms with Crippen molar-refractivity contribution in [1.82, 2.24) is 0 Å². The van der Waals surface area contributed by atoms with Gasteiger partial charge in [-0.25, -0.2) is 0 Å². The van der Waals surface area contributed by atoms with Crippen LogP contribution in [0.2, 0.25) is 0 Å². The van der Waals surface area contributed by atoms with Crippen LogP contribution in [0.4, 0.5) is 4.39 Å². The lowest BCUT2D eigenvalue weighted by atomic mass is 10.1. The molecule has 0 heterocycles. The zero-order valence-corrected chi connectivity index (χ0v) is 9.46. The van der Waals surface area contributed by atoms with E-state index in [0.29, 0.717) is 4.90 Å². The minimum absolute atomic E-state index is 0.346. The Morgan fingerprint density at radius 2 is 1.87 bits per heavy atom.